The number of nitrogen functional groups attached to an aromatic ring is 1. The zero-order valence-electron chi connectivity index (χ0n) is 13.4. The summed E-state index contributed by atoms with van der Waals surface area (Å²) in [6.07, 6.45) is -2.56. The number of hydrogen-bond acceptors (Lipinski definition) is 9. The van der Waals surface area contributed by atoms with Gasteiger partial charge in [-0.2, -0.15) is 10.4 Å². The Kier molecular flexibility index (Phi) is 4.30. The molecule has 0 unspecified atom stereocenters. The van der Waals surface area contributed by atoms with E-state index in [4.69, 9.17) is 15.2 Å². The average molecular weight is 347 g/mol. The van der Waals surface area contributed by atoms with Gasteiger partial charge in [0.25, 0.3) is 0 Å². The molecule has 1 saturated heterocycles. The standard InChI is InChI=1S/C15H17N5O5/c1-2-11(22)24-13-12(23)9(5-21)25-15(13,6-16)10-4-3-8-14(17)18-7-19-20(8)10/h3-4,7,9,12-13,21,23H,2,5H2,1H3,(H2,17,18,19)/t9-,12-,13-,15+/m1/s1. The quantitative estimate of drug-likeness (QED) is 0.596. The van der Waals surface area contributed by atoms with Crippen molar-refractivity contribution in [2.24, 2.45) is 0 Å². The molecule has 0 saturated carbocycles. The molecule has 1 fully saturated rings. The molecule has 4 atom stereocenters. The Balaban J connectivity index is 2.17. The van der Waals surface area contributed by atoms with Crippen LogP contribution in [0.3, 0.4) is 0 Å². The van der Waals surface area contributed by atoms with Gasteiger partial charge in [0, 0.05) is 6.42 Å². The minimum Gasteiger partial charge on any atom is -0.455 e. The summed E-state index contributed by atoms with van der Waals surface area (Å²) in [5, 5.41) is 33.8. The van der Waals surface area contributed by atoms with Crippen LogP contribution >= 0.6 is 0 Å². The maximum Gasteiger partial charge on any atom is 0.306 e. The Morgan fingerprint density at radius 1 is 1.60 bits per heavy atom. The van der Waals surface area contributed by atoms with Crippen molar-refractivity contribution >= 4 is 17.3 Å². The van der Waals surface area contributed by atoms with Crippen molar-refractivity contribution in [2.45, 2.75) is 37.3 Å². The molecule has 2 aromatic rings. The summed E-state index contributed by atoms with van der Waals surface area (Å²) in [6, 6.07) is 5.09. The van der Waals surface area contributed by atoms with Gasteiger partial charge in [0.1, 0.15) is 30.1 Å². The first-order valence-electron chi connectivity index (χ1n) is 7.64. The van der Waals surface area contributed by atoms with Gasteiger partial charge < -0.3 is 25.4 Å². The van der Waals surface area contributed by atoms with E-state index in [0.717, 1.165) is 0 Å². The van der Waals surface area contributed by atoms with Crippen LogP contribution in [0.1, 0.15) is 19.0 Å². The molecule has 0 aromatic carbocycles. The molecule has 0 radical (unpaired) electrons. The highest BCUT2D eigenvalue weighted by atomic mass is 16.6. The second-order valence-corrected chi connectivity index (χ2v) is 5.60. The van der Waals surface area contributed by atoms with Crippen LogP contribution in [0, 0.1) is 11.3 Å². The number of nitrogens with two attached hydrogens (primary N) is 1. The van der Waals surface area contributed by atoms with Crippen molar-refractivity contribution in [1.29, 1.82) is 5.26 Å². The molecule has 10 heteroatoms. The molecule has 25 heavy (non-hydrogen) atoms. The lowest BCUT2D eigenvalue weighted by molar-refractivity contribution is -0.159. The van der Waals surface area contributed by atoms with Gasteiger partial charge in [-0.15, -0.1) is 0 Å². The van der Waals surface area contributed by atoms with Gasteiger partial charge in [-0.05, 0) is 12.1 Å². The second-order valence-electron chi connectivity index (χ2n) is 5.60. The fourth-order valence-corrected chi connectivity index (χ4v) is 2.92. The first-order valence-corrected chi connectivity index (χ1v) is 7.64. The van der Waals surface area contributed by atoms with E-state index in [1.54, 1.807) is 13.0 Å². The fraction of sp³-hybridized carbons (Fsp3) is 0.467. The van der Waals surface area contributed by atoms with Crippen LogP contribution in [-0.2, 0) is 19.9 Å². The van der Waals surface area contributed by atoms with Crippen molar-refractivity contribution in [3.05, 3.63) is 24.2 Å². The van der Waals surface area contributed by atoms with E-state index in [1.165, 1.54) is 16.9 Å². The first-order chi connectivity index (χ1) is 12.0. The molecule has 0 amide bonds. The third-order valence-electron chi connectivity index (χ3n) is 4.18. The zero-order chi connectivity index (χ0) is 18.2. The lowest BCUT2D eigenvalue weighted by atomic mass is 9.92. The predicted octanol–water partition coefficient (Wildman–Crippen LogP) is -0.896. The molecule has 1 aliphatic heterocycles. The number of aliphatic hydroxyl groups excluding tert-OH is 2. The molecule has 10 nitrogen and oxygen atoms in total. The number of nitriles is 1. The summed E-state index contributed by atoms with van der Waals surface area (Å²) >= 11 is 0. The minimum atomic E-state index is -1.86. The molecule has 2 aromatic heterocycles. The SMILES string of the molecule is CCC(=O)O[C@@H]1[C@H](O)[C@@H](CO)O[C@@]1(C#N)c1ccc2c(N)ncnn12. The number of esters is 1. The lowest BCUT2D eigenvalue weighted by Gasteiger charge is -2.27. The van der Waals surface area contributed by atoms with Crippen LogP contribution in [-0.4, -0.2) is 55.7 Å². The number of rotatable bonds is 4. The number of fused-ring (bicyclic) bond motifs is 1. The van der Waals surface area contributed by atoms with Gasteiger partial charge in [-0.1, -0.05) is 6.92 Å². The third kappa shape index (κ3) is 2.49. The largest absolute Gasteiger partial charge is 0.455 e. The summed E-state index contributed by atoms with van der Waals surface area (Å²) < 4.78 is 12.3. The Hall–Kier alpha value is -2.74. The molecule has 3 rings (SSSR count). The van der Waals surface area contributed by atoms with Crippen molar-refractivity contribution in [3.8, 4) is 6.07 Å². The zero-order valence-corrected chi connectivity index (χ0v) is 13.4. The summed E-state index contributed by atoms with van der Waals surface area (Å²) in [4.78, 5) is 15.7. The van der Waals surface area contributed by atoms with E-state index in [0.29, 0.717) is 5.52 Å². The third-order valence-corrected chi connectivity index (χ3v) is 4.18. The molecule has 0 bridgehead atoms. The molecule has 0 aliphatic carbocycles. The summed E-state index contributed by atoms with van der Waals surface area (Å²) in [5.41, 5.74) is 4.58. The van der Waals surface area contributed by atoms with E-state index in [9.17, 15) is 20.3 Å². The smallest absolute Gasteiger partial charge is 0.306 e. The Morgan fingerprint density at radius 3 is 3.00 bits per heavy atom. The van der Waals surface area contributed by atoms with Gasteiger partial charge in [-0.3, -0.25) is 4.79 Å². The number of aromatic nitrogens is 3. The number of carbonyl (C=O) groups excluding carboxylic acids is 1. The average Bonchev–Trinajstić information content (AvgIpc) is 3.17. The van der Waals surface area contributed by atoms with E-state index in [1.807, 2.05) is 6.07 Å². The van der Waals surface area contributed by atoms with Crippen molar-refractivity contribution in [1.82, 2.24) is 14.6 Å². The van der Waals surface area contributed by atoms with Crippen LogP contribution < -0.4 is 5.73 Å². The number of anilines is 1. The summed E-state index contributed by atoms with van der Waals surface area (Å²) in [6.45, 7) is 1.04. The number of nitrogens with zero attached hydrogens (tertiary/aromatic N) is 4. The number of aliphatic hydroxyl groups is 2. The Bertz CT molecular complexity index is 846. The van der Waals surface area contributed by atoms with Crippen LogP contribution in [0.15, 0.2) is 18.5 Å². The first kappa shape index (κ1) is 17.1. The molecular weight excluding hydrogens is 330 g/mol. The Labute approximate surface area is 142 Å². The van der Waals surface area contributed by atoms with E-state index in [-0.39, 0.29) is 17.9 Å². The molecule has 1 aliphatic rings. The van der Waals surface area contributed by atoms with Crippen molar-refractivity contribution in [3.63, 3.8) is 0 Å². The maximum atomic E-state index is 11.8. The predicted molar refractivity (Wildman–Crippen MR) is 82.8 cm³/mol. The van der Waals surface area contributed by atoms with Crippen LogP contribution in [0.25, 0.3) is 5.52 Å². The van der Waals surface area contributed by atoms with Crippen molar-refractivity contribution < 1.29 is 24.5 Å². The van der Waals surface area contributed by atoms with Gasteiger partial charge in [0.05, 0.1) is 12.3 Å². The summed E-state index contributed by atoms with van der Waals surface area (Å²) in [5.74, 6) is -0.422. The van der Waals surface area contributed by atoms with Gasteiger partial charge in [-0.25, -0.2) is 9.50 Å². The second kappa shape index (κ2) is 6.29. The molecule has 4 N–H and O–H groups in total. The van der Waals surface area contributed by atoms with E-state index < -0.39 is 36.5 Å². The van der Waals surface area contributed by atoms with Gasteiger partial charge >= 0.3 is 5.97 Å². The lowest BCUT2D eigenvalue weighted by Crippen LogP contribution is -2.44. The minimum absolute atomic E-state index is 0.0541. The number of hydrogen-bond donors (Lipinski definition) is 3. The van der Waals surface area contributed by atoms with E-state index in [2.05, 4.69) is 10.1 Å². The fourth-order valence-electron chi connectivity index (χ4n) is 2.92. The van der Waals surface area contributed by atoms with Gasteiger partial charge in [0.2, 0.25) is 5.60 Å². The number of carbonyl (C=O) groups is 1. The summed E-state index contributed by atoms with van der Waals surface area (Å²) in [7, 11) is 0. The molecule has 132 valence electrons. The highest BCUT2D eigenvalue weighted by Crippen LogP contribution is 2.42. The maximum absolute atomic E-state index is 11.8. The molecule has 3 heterocycles. The number of ether oxygens (including phenoxy) is 2. The van der Waals surface area contributed by atoms with Crippen molar-refractivity contribution in [2.75, 3.05) is 12.3 Å². The topological polar surface area (TPSA) is 156 Å². The monoisotopic (exact) mass is 347 g/mol. The normalized spacial score (nSPS) is 28.8. The molecular formula is C15H17N5O5. The highest BCUT2D eigenvalue weighted by molar-refractivity contribution is 5.70. The molecule has 0 spiro atoms. The van der Waals surface area contributed by atoms with Crippen LogP contribution in [0.5, 0.6) is 0 Å². The van der Waals surface area contributed by atoms with Crippen LogP contribution in [0.4, 0.5) is 5.82 Å². The van der Waals surface area contributed by atoms with Crippen LogP contribution in [0.2, 0.25) is 0 Å². The highest BCUT2D eigenvalue weighted by Gasteiger charge is 2.60. The Morgan fingerprint density at radius 2 is 2.36 bits per heavy atom. The van der Waals surface area contributed by atoms with Gasteiger partial charge in [0.15, 0.2) is 11.9 Å². The van der Waals surface area contributed by atoms with E-state index >= 15 is 0 Å².